The highest BCUT2D eigenvalue weighted by molar-refractivity contribution is 6.34. The van der Waals surface area contributed by atoms with Crippen molar-refractivity contribution in [2.75, 3.05) is 0 Å². The molecule has 0 aliphatic rings. The summed E-state index contributed by atoms with van der Waals surface area (Å²) in [5.74, 6) is 0. The minimum Gasteiger partial charge on any atom is -0.292 e. The summed E-state index contributed by atoms with van der Waals surface area (Å²) < 4.78 is 39.5. The van der Waals surface area contributed by atoms with Crippen LogP contribution in [0, 0.1) is 0 Å². The second-order valence-corrected chi connectivity index (χ2v) is 5.16. The largest absolute Gasteiger partial charge is 0.431 e. The molecular weight excluding hydrogens is 337 g/mol. The van der Waals surface area contributed by atoms with Crippen LogP contribution in [0.15, 0.2) is 33.9 Å². The van der Waals surface area contributed by atoms with Crippen molar-refractivity contribution in [1.82, 2.24) is 19.3 Å². The normalized spacial score (nSPS) is 12.0. The fraction of sp³-hybridized carbons (Fsp3) is 0.154. The number of aromatic amines is 1. The summed E-state index contributed by atoms with van der Waals surface area (Å²) in [6, 6.07) is 4.68. The molecule has 3 aromatic rings. The van der Waals surface area contributed by atoms with Gasteiger partial charge in [-0.15, -0.1) is 0 Å². The highest BCUT2D eigenvalue weighted by Gasteiger charge is 2.35. The van der Waals surface area contributed by atoms with E-state index in [1.165, 1.54) is 18.2 Å². The number of benzene rings is 1. The maximum atomic E-state index is 12.8. The summed E-state index contributed by atoms with van der Waals surface area (Å²) in [6.07, 6.45) is -4.80. The first-order valence-electron chi connectivity index (χ1n) is 6.24. The van der Waals surface area contributed by atoms with E-state index < -0.39 is 23.1 Å². The lowest BCUT2D eigenvalue weighted by Crippen LogP contribution is -2.40. The molecule has 2 heterocycles. The number of fused-ring (bicyclic) bond motifs is 1. The molecule has 0 aliphatic heterocycles. The Hall–Kier alpha value is -2.55. The Labute approximate surface area is 130 Å². The zero-order chi connectivity index (χ0) is 16.9. The summed E-state index contributed by atoms with van der Waals surface area (Å²) in [5.41, 5.74) is -3.03. The molecule has 120 valence electrons. The van der Waals surface area contributed by atoms with Gasteiger partial charge in [-0.05, 0) is 18.2 Å². The molecule has 23 heavy (non-hydrogen) atoms. The zero-order valence-electron chi connectivity index (χ0n) is 11.5. The number of halogens is 4. The van der Waals surface area contributed by atoms with Crippen LogP contribution in [0.4, 0.5) is 13.2 Å². The maximum Gasteiger partial charge on any atom is 0.431 e. The van der Waals surface area contributed by atoms with Crippen molar-refractivity contribution < 1.29 is 13.2 Å². The molecule has 0 unspecified atom stereocenters. The van der Waals surface area contributed by atoms with Gasteiger partial charge in [-0.25, -0.2) is 9.36 Å². The molecule has 1 aromatic carbocycles. The molecular formula is C13H8ClF3N4O2. The minimum absolute atomic E-state index is 0.0972. The number of hydrogen-bond acceptors (Lipinski definition) is 3. The van der Waals surface area contributed by atoms with Crippen molar-refractivity contribution in [3.63, 3.8) is 0 Å². The van der Waals surface area contributed by atoms with E-state index in [1.807, 2.05) is 0 Å². The number of nitrogens with zero attached hydrogens (tertiary/aromatic N) is 3. The lowest BCUT2D eigenvalue weighted by molar-refractivity contribution is -0.144. The molecule has 0 bridgehead atoms. The summed E-state index contributed by atoms with van der Waals surface area (Å²) in [7, 11) is 0.949. The Morgan fingerprint density at radius 3 is 2.57 bits per heavy atom. The number of aromatic nitrogens is 4. The predicted molar refractivity (Wildman–Crippen MR) is 76.9 cm³/mol. The SMILES string of the molecule is Cn1c(C(F)(F)F)cc(=O)n(-c2ccc3c(Cl)[nH]nc3c2)c1=O. The first kappa shape index (κ1) is 15.3. The lowest BCUT2D eigenvalue weighted by Gasteiger charge is -2.13. The average Bonchev–Trinajstić information content (AvgIpc) is 2.83. The molecule has 2 aromatic heterocycles. The first-order chi connectivity index (χ1) is 10.7. The molecule has 0 radical (unpaired) electrons. The van der Waals surface area contributed by atoms with Gasteiger partial charge in [-0.3, -0.25) is 14.5 Å². The molecule has 10 heteroatoms. The summed E-state index contributed by atoms with van der Waals surface area (Å²) in [5, 5.41) is 7.24. The molecule has 0 amide bonds. The van der Waals surface area contributed by atoms with E-state index in [2.05, 4.69) is 10.2 Å². The van der Waals surface area contributed by atoms with Gasteiger partial charge in [-0.1, -0.05) is 11.6 Å². The van der Waals surface area contributed by atoms with Crippen LogP contribution in [-0.4, -0.2) is 19.3 Å². The molecule has 0 aliphatic carbocycles. The molecule has 0 saturated carbocycles. The van der Waals surface area contributed by atoms with Crippen molar-refractivity contribution >= 4 is 22.5 Å². The fourth-order valence-corrected chi connectivity index (χ4v) is 2.44. The monoisotopic (exact) mass is 344 g/mol. The van der Waals surface area contributed by atoms with Gasteiger partial charge in [0.1, 0.15) is 10.8 Å². The van der Waals surface area contributed by atoms with Crippen LogP contribution in [0.5, 0.6) is 0 Å². The molecule has 6 nitrogen and oxygen atoms in total. The zero-order valence-corrected chi connectivity index (χ0v) is 12.2. The van der Waals surface area contributed by atoms with Gasteiger partial charge < -0.3 is 0 Å². The van der Waals surface area contributed by atoms with E-state index in [4.69, 9.17) is 11.6 Å². The Morgan fingerprint density at radius 2 is 1.91 bits per heavy atom. The molecule has 0 fully saturated rings. The maximum absolute atomic E-state index is 12.8. The number of nitrogens with one attached hydrogen (secondary N) is 1. The van der Waals surface area contributed by atoms with E-state index in [1.54, 1.807) is 0 Å². The quantitative estimate of drug-likeness (QED) is 0.734. The predicted octanol–water partition coefficient (Wildman–Crippen LogP) is 2.08. The molecule has 0 atom stereocenters. The third kappa shape index (κ3) is 2.42. The van der Waals surface area contributed by atoms with Gasteiger partial charge >= 0.3 is 11.9 Å². The molecule has 0 spiro atoms. The van der Waals surface area contributed by atoms with Crippen LogP contribution < -0.4 is 11.2 Å². The standard InChI is InChI=1S/C13H8ClF3N4O2/c1-20-9(13(15,16)17)5-10(22)21(12(20)23)6-2-3-7-8(4-6)18-19-11(7)14/h2-5H,1H3,(H,18,19). The third-order valence-corrected chi connectivity index (χ3v) is 3.65. The highest BCUT2D eigenvalue weighted by atomic mass is 35.5. The molecule has 3 rings (SSSR count). The van der Waals surface area contributed by atoms with Gasteiger partial charge in [0.2, 0.25) is 0 Å². The summed E-state index contributed by atoms with van der Waals surface area (Å²) in [4.78, 5) is 24.2. The van der Waals surface area contributed by atoms with E-state index in [-0.39, 0.29) is 10.8 Å². The summed E-state index contributed by atoms with van der Waals surface area (Å²) >= 11 is 5.85. The Bertz CT molecular complexity index is 1030. The second kappa shape index (κ2) is 4.98. The van der Waals surface area contributed by atoms with Crippen LogP contribution in [-0.2, 0) is 13.2 Å². The van der Waals surface area contributed by atoms with Crippen molar-refractivity contribution in [3.05, 3.63) is 56.0 Å². The van der Waals surface area contributed by atoms with Crippen LogP contribution >= 0.6 is 11.6 Å². The first-order valence-corrected chi connectivity index (χ1v) is 6.62. The average molecular weight is 345 g/mol. The fourth-order valence-electron chi connectivity index (χ4n) is 2.24. The van der Waals surface area contributed by atoms with Crippen LogP contribution in [0.25, 0.3) is 16.6 Å². The van der Waals surface area contributed by atoms with Gasteiger partial charge in [0.15, 0.2) is 0 Å². The Balaban J connectivity index is 2.29. The lowest BCUT2D eigenvalue weighted by atomic mass is 10.2. The van der Waals surface area contributed by atoms with Crippen LogP contribution in [0.3, 0.4) is 0 Å². The van der Waals surface area contributed by atoms with Gasteiger partial charge in [0.25, 0.3) is 5.56 Å². The van der Waals surface area contributed by atoms with Crippen molar-refractivity contribution in [2.24, 2.45) is 7.05 Å². The third-order valence-electron chi connectivity index (χ3n) is 3.36. The van der Waals surface area contributed by atoms with Crippen molar-refractivity contribution in [2.45, 2.75) is 6.18 Å². The van der Waals surface area contributed by atoms with Crippen LogP contribution in [0.1, 0.15) is 5.69 Å². The number of hydrogen-bond donors (Lipinski definition) is 1. The van der Waals surface area contributed by atoms with Crippen LogP contribution in [0.2, 0.25) is 5.15 Å². The number of rotatable bonds is 1. The number of alkyl halides is 3. The van der Waals surface area contributed by atoms with E-state index in [0.717, 1.165) is 7.05 Å². The Morgan fingerprint density at radius 1 is 1.22 bits per heavy atom. The van der Waals surface area contributed by atoms with Gasteiger partial charge in [0.05, 0.1) is 11.2 Å². The molecule has 0 saturated heterocycles. The Kier molecular flexibility index (Phi) is 3.33. The van der Waals surface area contributed by atoms with Crippen molar-refractivity contribution in [3.8, 4) is 5.69 Å². The number of H-pyrrole nitrogens is 1. The van der Waals surface area contributed by atoms with Gasteiger partial charge in [-0.2, -0.15) is 18.3 Å². The molecule has 1 N–H and O–H groups in total. The van der Waals surface area contributed by atoms with E-state index in [9.17, 15) is 22.8 Å². The topological polar surface area (TPSA) is 72.7 Å². The van der Waals surface area contributed by atoms with E-state index in [0.29, 0.717) is 26.1 Å². The smallest absolute Gasteiger partial charge is 0.292 e. The summed E-state index contributed by atoms with van der Waals surface area (Å²) in [6.45, 7) is 0. The highest BCUT2D eigenvalue weighted by Crippen LogP contribution is 2.27. The van der Waals surface area contributed by atoms with E-state index >= 15 is 0 Å². The van der Waals surface area contributed by atoms with Gasteiger partial charge in [0, 0.05) is 18.5 Å². The second-order valence-electron chi connectivity index (χ2n) is 4.78. The minimum atomic E-state index is -4.80. The van der Waals surface area contributed by atoms with Crippen molar-refractivity contribution in [1.29, 1.82) is 0 Å².